The number of fused-ring (bicyclic) bond motifs is 1. The third kappa shape index (κ3) is 4.93. The van der Waals surface area contributed by atoms with Crippen LogP contribution in [0.3, 0.4) is 0 Å². The number of ether oxygens (including phenoxy) is 1. The molecular weight excluding hydrogens is 393 g/mol. The molecule has 0 saturated heterocycles. The summed E-state index contributed by atoms with van der Waals surface area (Å²) in [6, 6.07) is 6.95. The van der Waals surface area contributed by atoms with Crippen LogP contribution in [0.15, 0.2) is 24.3 Å². The minimum absolute atomic E-state index is 0.0108. The maximum atomic E-state index is 14.4. The zero-order valence-electron chi connectivity index (χ0n) is 18.4. The Bertz CT molecular complexity index is 752. The van der Waals surface area contributed by atoms with Crippen molar-refractivity contribution in [2.75, 3.05) is 6.54 Å². The number of rotatable bonds is 3. The van der Waals surface area contributed by atoms with Gasteiger partial charge in [-0.25, -0.2) is 9.28 Å². The number of amides is 1. The molecule has 0 aromatic heterocycles. The Labute approximate surface area is 177 Å². The summed E-state index contributed by atoms with van der Waals surface area (Å²) in [5.41, 5.74) is 1.28. The summed E-state index contributed by atoms with van der Waals surface area (Å²) in [7, 11) is 0. The SMILES string of the molecule is CC(C1CCC(NC(=O)OC(C)(C)C)CC1)[N+]1(C(F)(F)F)CCc2ccccc2C1. The molecule has 0 bridgehead atoms. The Hall–Kier alpha value is -1.76. The zero-order chi connectivity index (χ0) is 22.2. The number of carbonyl (C=O) groups excluding carboxylic acids is 1. The number of quaternary nitrogens is 1. The van der Waals surface area contributed by atoms with E-state index < -0.39 is 28.5 Å². The van der Waals surface area contributed by atoms with Crippen molar-refractivity contribution in [2.24, 2.45) is 5.92 Å². The maximum absolute atomic E-state index is 14.4. The van der Waals surface area contributed by atoms with Crippen molar-refractivity contribution < 1.29 is 27.2 Å². The van der Waals surface area contributed by atoms with Crippen LogP contribution in [0.2, 0.25) is 0 Å². The first-order valence-electron chi connectivity index (χ1n) is 10.9. The lowest BCUT2D eigenvalue weighted by Gasteiger charge is -2.49. The van der Waals surface area contributed by atoms with Gasteiger partial charge in [-0.2, -0.15) is 0 Å². The third-order valence-electron chi connectivity index (χ3n) is 6.81. The van der Waals surface area contributed by atoms with Crippen LogP contribution in [0.4, 0.5) is 18.0 Å². The van der Waals surface area contributed by atoms with E-state index in [1.807, 2.05) is 45.0 Å². The summed E-state index contributed by atoms with van der Waals surface area (Å²) >= 11 is 0. The predicted octanol–water partition coefficient (Wildman–Crippen LogP) is 5.55. The molecule has 4 nitrogen and oxygen atoms in total. The molecule has 1 aliphatic carbocycles. The molecule has 2 atom stereocenters. The molecule has 2 unspecified atom stereocenters. The van der Waals surface area contributed by atoms with Crippen LogP contribution in [0.1, 0.15) is 64.5 Å². The van der Waals surface area contributed by atoms with E-state index in [0.29, 0.717) is 32.1 Å². The van der Waals surface area contributed by atoms with Gasteiger partial charge in [-0.1, -0.05) is 24.3 Å². The first-order valence-corrected chi connectivity index (χ1v) is 10.9. The quantitative estimate of drug-likeness (QED) is 0.507. The van der Waals surface area contributed by atoms with E-state index in [0.717, 1.165) is 11.1 Å². The second kappa shape index (κ2) is 8.40. The smallest absolute Gasteiger partial charge is 0.444 e. The van der Waals surface area contributed by atoms with Crippen molar-refractivity contribution in [1.82, 2.24) is 5.32 Å². The highest BCUT2D eigenvalue weighted by molar-refractivity contribution is 5.68. The number of carbonyl (C=O) groups is 1. The molecule has 1 saturated carbocycles. The number of nitrogens with zero attached hydrogens (tertiary/aromatic N) is 1. The van der Waals surface area contributed by atoms with E-state index in [2.05, 4.69) is 5.32 Å². The molecule has 7 heteroatoms. The summed E-state index contributed by atoms with van der Waals surface area (Å²) < 4.78 is 47.7. The Morgan fingerprint density at radius 1 is 1.10 bits per heavy atom. The van der Waals surface area contributed by atoms with Crippen molar-refractivity contribution in [3.63, 3.8) is 0 Å². The molecule has 30 heavy (non-hydrogen) atoms. The number of benzene rings is 1. The lowest BCUT2D eigenvalue weighted by Crippen LogP contribution is -2.66. The van der Waals surface area contributed by atoms with Gasteiger partial charge in [0.05, 0.1) is 12.6 Å². The number of alkyl halides is 3. The van der Waals surface area contributed by atoms with E-state index in [-0.39, 0.29) is 25.0 Å². The van der Waals surface area contributed by atoms with Crippen LogP contribution >= 0.6 is 0 Å². The minimum Gasteiger partial charge on any atom is -0.444 e. The average Bonchev–Trinajstić information content (AvgIpc) is 2.65. The van der Waals surface area contributed by atoms with Crippen LogP contribution in [0.5, 0.6) is 0 Å². The minimum atomic E-state index is -4.29. The Balaban J connectivity index is 1.66. The molecule has 1 N–H and O–H groups in total. The first-order chi connectivity index (χ1) is 13.9. The molecule has 2 aliphatic rings. The van der Waals surface area contributed by atoms with E-state index in [1.165, 1.54) is 0 Å². The van der Waals surface area contributed by atoms with Gasteiger partial charge in [0.25, 0.3) is 0 Å². The fourth-order valence-corrected chi connectivity index (χ4v) is 5.08. The highest BCUT2D eigenvalue weighted by Gasteiger charge is 2.60. The van der Waals surface area contributed by atoms with Gasteiger partial charge in [0.15, 0.2) is 0 Å². The molecular formula is C23H34F3N2O2+. The third-order valence-corrected chi connectivity index (χ3v) is 6.81. The van der Waals surface area contributed by atoms with Crippen LogP contribution in [-0.4, -0.2) is 41.1 Å². The Morgan fingerprint density at radius 3 is 2.27 bits per heavy atom. The van der Waals surface area contributed by atoms with Crippen LogP contribution in [-0.2, 0) is 17.7 Å². The number of hydrogen-bond acceptors (Lipinski definition) is 2. The van der Waals surface area contributed by atoms with E-state index in [1.54, 1.807) is 6.92 Å². The number of halogens is 3. The summed E-state index contributed by atoms with van der Waals surface area (Å²) in [5, 5.41) is 2.88. The summed E-state index contributed by atoms with van der Waals surface area (Å²) in [6.07, 6.45) is -1.57. The normalized spacial score (nSPS) is 28.4. The fraction of sp³-hybridized carbons (Fsp3) is 0.696. The van der Waals surface area contributed by atoms with Gasteiger partial charge >= 0.3 is 12.4 Å². The van der Waals surface area contributed by atoms with E-state index in [4.69, 9.17) is 4.74 Å². The fourth-order valence-electron chi connectivity index (χ4n) is 5.08. The molecule has 1 amide bonds. The first kappa shape index (κ1) is 22.9. The van der Waals surface area contributed by atoms with Crippen LogP contribution < -0.4 is 5.32 Å². The molecule has 0 spiro atoms. The zero-order valence-corrected chi connectivity index (χ0v) is 18.4. The Kier molecular flexibility index (Phi) is 6.42. The van der Waals surface area contributed by atoms with Crippen molar-refractivity contribution in [3.8, 4) is 0 Å². The second-order valence-electron chi connectivity index (χ2n) is 9.90. The van der Waals surface area contributed by atoms with Gasteiger partial charge in [0.2, 0.25) is 0 Å². The van der Waals surface area contributed by atoms with Crippen LogP contribution in [0.25, 0.3) is 0 Å². The largest absolute Gasteiger partial charge is 0.561 e. The van der Waals surface area contributed by atoms with E-state index in [9.17, 15) is 18.0 Å². The van der Waals surface area contributed by atoms with Gasteiger partial charge in [-0.15, -0.1) is 13.2 Å². The van der Waals surface area contributed by atoms with Crippen molar-refractivity contribution >= 4 is 6.09 Å². The topological polar surface area (TPSA) is 38.3 Å². The maximum Gasteiger partial charge on any atom is 0.561 e. The molecule has 0 radical (unpaired) electrons. The molecule has 1 aromatic carbocycles. The summed E-state index contributed by atoms with van der Waals surface area (Å²) in [5.74, 6) is -0.0198. The predicted molar refractivity (Wildman–Crippen MR) is 110 cm³/mol. The van der Waals surface area contributed by atoms with Crippen molar-refractivity contribution in [2.45, 2.75) is 90.3 Å². The van der Waals surface area contributed by atoms with Crippen molar-refractivity contribution in [1.29, 1.82) is 0 Å². The molecule has 1 aliphatic heterocycles. The van der Waals surface area contributed by atoms with Gasteiger partial charge in [-0.3, -0.25) is 0 Å². The highest BCUT2D eigenvalue weighted by atomic mass is 19.4. The molecule has 1 heterocycles. The standard InChI is InChI=1S/C23H33F3N2O2/c1-16(17-9-11-20(12-10-17)27-21(29)30-22(2,3)4)28(23(24,25)26)14-13-18-7-5-6-8-19(18)15-28/h5-8,16-17,20H,9-15H2,1-4H3/p+1. The lowest BCUT2D eigenvalue weighted by atomic mass is 9.79. The number of hydrogen-bond donors (Lipinski definition) is 1. The highest BCUT2D eigenvalue weighted by Crippen LogP contribution is 2.44. The van der Waals surface area contributed by atoms with Crippen molar-refractivity contribution in [3.05, 3.63) is 35.4 Å². The molecule has 1 fully saturated rings. The van der Waals surface area contributed by atoms with Gasteiger partial charge in [0.1, 0.15) is 12.1 Å². The summed E-state index contributed by atoms with van der Waals surface area (Å²) in [6.45, 7) is 7.30. The van der Waals surface area contributed by atoms with Crippen LogP contribution in [0, 0.1) is 5.92 Å². The van der Waals surface area contributed by atoms with Gasteiger partial charge in [0, 0.05) is 23.9 Å². The van der Waals surface area contributed by atoms with Gasteiger partial charge < -0.3 is 10.1 Å². The molecule has 1 aromatic rings. The molecule has 3 rings (SSSR count). The summed E-state index contributed by atoms with van der Waals surface area (Å²) in [4.78, 5) is 12.0. The number of alkyl carbamates (subject to hydrolysis) is 1. The second-order valence-corrected chi connectivity index (χ2v) is 9.90. The Morgan fingerprint density at radius 2 is 1.70 bits per heavy atom. The number of nitrogens with one attached hydrogen (secondary N) is 1. The lowest BCUT2D eigenvalue weighted by molar-refractivity contribution is -1.06. The van der Waals surface area contributed by atoms with E-state index >= 15 is 0 Å². The average molecular weight is 428 g/mol. The molecule has 168 valence electrons. The monoisotopic (exact) mass is 427 g/mol. The van der Waals surface area contributed by atoms with Gasteiger partial charge in [-0.05, 0) is 58.9 Å².